The number of hydrogen-bond acceptors (Lipinski definition) is 3. The first kappa shape index (κ1) is 17.2. The van der Waals surface area contributed by atoms with Gasteiger partial charge in [0.1, 0.15) is 0 Å². The van der Waals surface area contributed by atoms with Crippen LogP contribution in [0.25, 0.3) is 0 Å². The van der Waals surface area contributed by atoms with Gasteiger partial charge in [0.2, 0.25) is 0 Å². The second kappa shape index (κ2) is 7.94. The van der Waals surface area contributed by atoms with Crippen LogP contribution >= 0.6 is 0 Å². The first-order valence-electron chi connectivity index (χ1n) is 8.44. The van der Waals surface area contributed by atoms with Crippen LogP contribution in [-0.2, 0) is 11.3 Å². The van der Waals surface area contributed by atoms with Crippen molar-refractivity contribution in [2.75, 3.05) is 26.3 Å². The number of carbonyl (C=O) groups is 2. The van der Waals surface area contributed by atoms with E-state index in [0.29, 0.717) is 44.0 Å². The Morgan fingerprint density at radius 2 is 1.72 bits per heavy atom. The Morgan fingerprint density at radius 1 is 1.04 bits per heavy atom. The van der Waals surface area contributed by atoms with Crippen molar-refractivity contribution in [2.24, 2.45) is 0 Å². The average Bonchev–Trinajstić information content (AvgIpc) is 2.67. The van der Waals surface area contributed by atoms with Crippen molar-refractivity contribution in [1.29, 1.82) is 0 Å². The van der Waals surface area contributed by atoms with E-state index in [-0.39, 0.29) is 11.8 Å². The summed E-state index contributed by atoms with van der Waals surface area (Å²) in [7, 11) is 0. The zero-order chi connectivity index (χ0) is 17.6. The molecule has 25 heavy (non-hydrogen) atoms. The molecule has 0 saturated carbocycles. The molecule has 5 heteroatoms. The fraction of sp³-hybridized carbons (Fsp3) is 0.300. The summed E-state index contributed by atoms with van der Waals surface area (Å²) < 4.78 is 5.27. The molecule has 0 radical (unpaired) electrons. The predicted octanol–water partition coefficient (Wildman–Crippen LogP) is 2.40. The Kier molecular flexibility index (Phi) is 5.46. The van der Waals surface area contributed by atoms with E-state index in [2.05, 4.69) is 5.32 Å². The highest BCUT2D eigenvalue weighted by Gasteiger charge is 2.19. The summed E-state index contributed by atoms with van der Waals surface area (Å²) in [6.45, 7) is 4.77. The van der Waals surface area contributed by atoms with Gasteiger partial charge >= 0.3 is 0 Å². The van der Waals surface area contributed by atoms with Crippen LogP contribution in [0.4, 0.5) is 0 Å². The van der Waals surface area contributed by atoms with Gasteiger partial charge in [-0.1, -0.05) is 35.9 Å². The molecule has 0 unspecified atom stereocenters. The molecule has 1 heterocycles. The number of carbonyl (C=O) groups excluding carboxylic acids is 2. The molecule has 1 fully saturated rings. The lowest BCUT2D eigenvalue weighted by Crippen LogP contribution is -2.40. The Labute approximate surface area is 147 Å². The molecule has 1 N–H and O–H groups in total. The smallest absolute Gasteiger partial charge is 0.254 e. The number of benzene rings is 2. The second-order valence-electron chi connectivity index (χ2n) is 6.15. The van der Waals surface area contributed by atoms with Gasteiger partial charge < -0.3 is 15.0 Å². The van der Waals surface area contributed by atoms with Gasteiger partial charge in [0.05, 0.1) is 13.2 Å². The summed E-state index contributed by atoms with van der Waals surface area (Å²) in [6.07, 6.45) is 0. The van der Waals surface area contributed by atoms with Crippen LogP contribution < -0.4 is 5.32 Å². The highest BCUT2D eigenvalue weighted by atomic mass is 16.5. The van der Waals surface area contributed by atoms with E-state index in [1.54, 1.807) is 29.2 Å². The quantitative estimate of drug-likeness (QED) is 0.931. The maximum atomic E-state index is 12.5. The number of ether oxygens (including phenoxy) is 1. The molecule has 2 aromatic carbocycles. The minimum absolute atomic E-state index is 0.0588. The summed E-state index contributed by atoms with van der Waals surface area (Å²) in [5, 5.41) is 2.90. The number of hydrogen-bond donors (Lipinski definition) is 1. The van der Waals surface area contributed by atoms with Gasteiger partial charge in [-0.25, -0.2) is 0 Å². The van der Waals surface area contributed by atoms with Crippen molar-refractivity contribution in [3.05, 3.63) is 70.8 Å². The molecule has 0 atom stereocenters. The third-order valence-electron chi connectivity index (χ3n) is 4.24. The molecule has 2 amide bonds. The number of nitrogens with zero attached hydrogens (tertiary/aromatic N) is 1. The van der Waals surface area contributed by atoms with Gasteiger partial charge in [0, 0.05) is 30.8 Å². The van der Waals surface area contributed by atoms with Crippen molar-refractivity contribution < 1.29 is 14.3 Å². The van der Waals surface area contributed by atoms with Gasteiger partial charge in [-0.3, -0.25) is 9.59 Å². The number of rotatable bonds is 4. The van der Waals surface area contributed by atoms with E-state index < -0.39 is 0 Å². The van der Waals surface area contributed by atoms with Crippen LogP contribution in [0.2, 0.25) is 0 Å². The van der Waals surface area contributed by atoms with Crippen molar-refractivity contribution in [2.45, 2.75) is 13.5 Å². The molecule has 0 aliphatic carbocycles. The molecule has 3 rings (SSSR count). The lowest BCUT2D eigenvalue weighted by atomic mass is 10.1. The minimum Gasteiger partial charge on any atom is -0.378 e. The van der Waals surface area contributed by atoms with E-state index in [4.69, 9.17) is 4.74 Å². The number of nitrogens with one attached hydrogen (secondary N) is 1. The molecular formula is C20H22N2O3. The topological polar surface area (TPSA) is 58.6 Å². The lowest BCUT2D eigenvalue weighted by molar-refractivity contribution is 0.0303. The maximum absolute atomic E-state index is 12.5. The van der Waals surface area contributed by atoms with Crippen LogP contribution in [0, 0.1) is 6.92 Å². The Morgan fingerprint density at radius 3 is 2.44 bits per heavy atom. The van der Waals surface area contributed by atoms with Crippen LogP contribution in [-0.4, -0.2) is 43.0 Å². The van der Waals surface area contributed by atoms with Crippen LogP contribution in [0.3, 0.4) is 0 Å². The highest BCUT2D eigenvalue weighted by molar-refractivity contribution is 5.99. The summed E-state index contributed by atoms with van der Waals surface area (Å²) in [6, 6.07) is 14.9. The van der Waals surface area contributed by atoms with Crippen molar-refractivity contribution in [3.63, 3.8) is 0 Å². The van der Waals surface area contributed by atoms with Crippen molar-refractivity contribution >= 4 is 11.8 Å². The molecule has 1 aliphatic rings. The van der Waals surface area contributed by atoms with Crippen LogP contribution in [0.1, 0.15) is 31.8 Å². The summed E-state index contributed by atoms with van der Waals surface area (Å²) in [5.74, 6) is -0.242. The van der Waals surface area contributed by atoms with E-state index in [1.807, 2.05) is 31.2 Å². The Balaban J connectivity index is 1.64. The molecule has 0 bridgehead atoms. The fourth-order valence-electron chi connectivity index (χ4n) is 2.73. The minimum atomic E-state index is -0.183. The van der Waals surface area contributed by atoms with Gasteiger partial charge in [0.25, 0.3) is 11.8 Å². The first-order chi connectivity index (χ1) is 12.1. The molecule has 0 spiro atoms. The zero-order valence-electron chi connectivity index (χ0n) is 14.3. The molecular weight excluding hydrogens is 316 g/mol. The number of aryl methyl sites for hydroxylation is 1. The molecule has 1 saturated heterocycles. The van der Waals surface area contributed by atoms with Crippen LogP contribution in [0.15, 0.2) is 48.5 Å². The third-order valence-corrected chi connectivity index (χ3v) is 4.24. The molecule has 0 aromatic heterocycles. The van der Waals surface area contributed by atoms with Gasteiger partial charge in [-0.15, -0.1) is 0 Å². The van der Waals surface area contributed by atoms with Gasteiger partial charge in [-0.2, -0.15) is 0 Å². The zero-order valence-corrected chi connectivity index (χ0v) is 14.3. The van der Waals surface area contributed by atoms with E-state index in [0.717, 1.165) is 5.56 Å². The number of amides is 2. The van der Waals surface area contributed by atoms with Crippen LogP contribution in [0.5, 0.6) is 0 Å². The van der Waals surface area contributed by atoms with Crippen molar-refractivity contribution in [1.82, 2.24) is 10.2 Å². The maximum Gasteiger partial charge on any atom is 0.254 e. The lowest BCUT2D eigenvalue weighted by Gasteiger charge is -2.27. The largest absolute Gasteiger partial charge is 0.378 e. The summed E-state index contributed by atoms with van der Waals surface area (Å²) in [5.41, 5.74) is 3.25. The highest BCUT2D eigenvalue weighted by Crippen LogP contribution is 2.11. The third kappa shape index (κ3) is 4.45. The Hall–Kier alpha value is -2.66. The molecule has 2 aromatic rings. The predicted molar refractivity (Wildman–Crippen MR) is 95.5 cm³/mol. The SMILES string of the molecule is Cc1ccc(CNC(=O)c2cccc(C(=O)N3CCOCC3)c2)cc1. The van der Waals surface area contributed by atoms with Crippen molar-refractivity contribution in [3.8, 4) is 0 Å². The molecule has 5 nitrogen and oxygen atoms in total. The molecule has 130 valence electrons. The fourth-order valence-corrected chi connectivity index (χ4v) is 2.73. The van der Waals surface area contributed by atoms with E-state index in [1.165, 1.54) is 5.56 Å². The average molecular weight is 338 g/mol. The van der Waals surface area contributed by atoms with Gasteiger partial charge in [-0.05, 0) is 30.7 Å². The standard InChI is InChI=1S/C20H22N2O3/c1-15-5-7-16(8-6-15)14-21-19(23)17-3-2-4-18(13-17)20(24)22-9-11-25-12-10-22/h2-8,13H,9-12,14H2,1H3,(H,21,23). The Bertz CT molecular complexity index is 750. The summed E-state index contributed by atoms with van der Waals surface area (Å²) in [4.78, 5) is 26.7. The van der Waals surface area contributed by atoms with Gasteiger partial charge in [0.15, 0.2) is 0 Å². The molecule has 1 aliphatic heterocycles. The monoisotopic (exact) mass is 338 g/mol. The summed E-state index contributed by atoms with van der Waals surface area (Å²) >= 11 is 0. The normalized spacial score (nSPS) is 14.2. The van der Waals surface area contributed by atoms with E-state index >= 15 is 0 Å². The first-order valence-corrected chi connectivity index (χ1v) is 8.44. The second-order valence-corrected chi connectivity index (χ2v) is 6.15. The van der Waals surface area contributed by atoms with E-state index in [9.17, 15) is 9.59 Å². The number of morpholine rings is 1.